The van der Waals surface area contributed by atoms with Crippen LogP contribution < -0.4 is 5.73 Å². The van der Waals surface area contributed by atoms with Crippen LogP contribution >= 0.6 is 39.3 Å². The molecule has 0 radical (unpaired) electrons. The van der Waals surface area contributed by atoms with Gasteiger partial charge in [-0.25, -0.2) is 4.98 Å². The topological polar surface area (TPSA) is 38.9 Å². The fraction of sp³-hybridized carbons (Fsp3) is 0.0833. The number of thioether (sulfide) groups is 1. The molecule has 2 rings (SSSR count). The highest BCUT2D eigenvalue weighted by atomic mass is 79.9. The standard InChI is InChI=1S/C12H10BrClN2S/c13-10-2-1-5-16-12(10)17-7-8-3-4-9(14)6-11(8)15/h1-6H,7,15H2. The molecule has 0 aliphatic carbocycles. The summed E-state index contributed by atoms with van der Waals surface area (Å²) in [6.07, 6.45) is 1.78. The highest BCUT2D eigenvalue weighted by molar-refractivity contribution is 9.10. The predicted molar refractivity (Wildman–Crippen MR) is 77.4 cm³/mol. The van der Waals surface area contributed by atoms with Crippen molar-refractivity contribution in [3.05, 3.63) is 51.6 Å². The van der Waals surface area contributed by atoms with E-state index in [1.165, 1.54) is 0 Å². The number of nitrogens with two attached hydrogens (primary N) is 1. The van der Waals surface area contributed by atoms with Crippen molar-refractivity contribution in [1.29, 1.82) is 0 Å². The molecule has 2 nitrogen and oxygen atoms in total. The third-order valence-corrected chi connectivity index (χ3v) is 4.39. The van der Waals surface area contributed by atoms with E-state index < -0.39 is 0 Å². The lowest BCUT2D eigenvalue weighted by Crippen LogP contribution is -1.92. The van der Waals surface area contributed by atoms with Crippen molar-refractivity contribution < 1.29 is 0 Å². The zero-order valence-corrected chi connectivity index (χ0v) is 12.0. The summed E-state index contributed by atoms with van der Waals surface area (Å²) in [6, 6.07) is 9.43. The van der Waals surface area contributed by atoms with Crippen molar-refractivity contribution in [3.8, 4) is 0 Å². The molecule has 0 spiro atoms. The molecule has 88 valence electrons. The van der Waals surface area contributed by atoms with E-state index >= 15 is 0 Å². The van der Waals surface area contributed by atoms with Crippen LogP contribution in [0, 0.1) is 0 Å². The van der Waals surface area contributed by atoms with Crippen LogP contribution in [0.15, 0.2) is 46.0 Å². The summed E-state index contributed by atoms with van der Waals surface area (Å²) in [5.74, 6) is 0.776. The summed E-state index contributed by atoms with van der Waals surface area (Å²) in [7, 11) is 0. The van der Waals surface area contributed by atoms with E-state index in [9.17, 15) is 0 Å². The summed E-state index contributed by atoms with van der Waals surface area (Å²) in [6.45, 7) is 0. The third kappa shape index (κ3) is 3.37. The maximum absolute atomic E-state index is 5.89. The van der Waals surface area contributed by atoms with Crippen LogP contribution in [0.5, 0.6) is 0 Å². The summed E-state index contributed by atoms with van der Waals surface area (Å²) >= 11 is 11.0. The number of anilines is 1. The zero-order chi connectivity index (χ0) is 12.3. The van der Waals surface area contributed by atoms with Crippen LogP contribution in [-0.2, 0) is 5.75 Å². The monoisotopic (exact) mass is 328 g/mol. The molecular weight excluding hydrogens is 320 g/mol. The van der Waals surface area contributed by atoms with Gasteiger partial charge in [-0.05, 0) is 45.8 Å². The van der Waals surface area contributed by atoms with E-state index in [2.05, 4.69) is 20.9 Å². The Balaban J connectivity index is 2.10. The van der Waals surface area contributed by atoms with Crippen molar-refractivity contribution in [1.82, 2.24) is 4.98 Å². The minimum absolute atomic E-state index is 0.662. The first-order valence-electron chi connectivity index (χ1n) is 4.94. The lowest BCUT2D eigenvalue weighted by atomic mass is 10.2. The van der Waals surface area contributed by atoms with Crippen molar-refractivity contribution in [3.63, 3.8) is 0 Å². The summed E-state index contributed by atoms with van der Waals surface area (Å²) in [5.41, 5.74) is 7.68. The number of pyridine rings is 1. The molecule has 17 heavy (non-hydrogen) atoms. The maximum Gasteiger partial charge on any atom is 0.110 e. The van der Waals surface area contributed by atoms with Gasteiger partial charge in [-0.2, -0.15) is 0 Å². The van der Waals surface area contributed by atoms with Crippen LogP contribution in [0.1, 0.15) is 5.56 Å². The van der Waals surface area contributed by atoms with Gasteiger partial charge >= 0.3 is 0 Å². The van der Waals surface area contributed by atoms with E-state index in [0.717, 1.165) is 26.5 Å². The number of rotatable bonds is 3. The molecule has 0 bridgehead atoms. The number of hydrogen-bond acceptors (Lipinski definition) is 3. The molecule has 0 saturated carbocycles. The lowest BCUT2D eigenvalue weighted by molar-refractivity contribution is 1.11. The fourth-order valence-corrected chi connectivity index (χ4v) is 3.00. The Labute approximate surface area is 118 Å². The van der Waals surface area contributed by atoms with Gasteiger partial charge in [0.05, 0.1) is 0 Å². The first-order chi connectivity index (χ1) is 8.16. The van der Waals surface area contributed by atoms with Crippen LogP contribution in [0.3, 0.4) is 0 Å². The molecule has 0 aliphatic heterocycles. The number of nitrogen functional groups attached to an aromatic ring is 1. The normalized spacial score (nSPS) is 10.5. The summed E-state index contributed by atoms with van der Waals surface area (Å²) in [5, 5.41) is 1.62. The Morgan fingerprint density at radius 2 is 2.18 bits per heavy atom. The highest BCUT2D eigenvalue weighted by Gasteiger charge is 2.04. The quantitative estimate of drug-likeness (QED) is 0.671. The van der Waals surface area contributed by atoms with Gasteiger partial charge in [0.15, 0.2) is 0 Å². The molecule has 5 heteroatoms. The van der Waals surface area contributed by atoms with Gasteiger partial charge < -0.3 is 5.73 Å². The zero-order valence-electron chi connectivity index (χ0n) is 8.86. The average Bonchev–Trinajstić information content (AvgIpc) is 2.30. The first kappa shape index (κ1) is 12.7. The lowest BCUT2D eigenvalue weighted by Gasteiger charge is -2.06. The number of hydrogen-bond donors (Lipinski definition) is 1. The van der Waals surface area contributed by atoms with E-state index in [1.54, 1.807) is 24.0 Å². The van der Waals surface area contributed by atoms with Gasteiger partial charge in [0.25, 0.3) is 0 Å². The molecule has 0 atom stereocenters. The molecule has 0 saturated heterocycles. The van der Waals surface area contributed by atoms with Gasteiger partial charge in [0.1, 0.15) is 5.03 Å². The molecule has 0 unspecified atom stereocenters. The Morgan fingerprint density at radius 3 is 2.88 bits per heavy atom. The van der Waals surface area contributed by atoms with Gasteiger partial charge in [-0.15, -0.1) is 11.8 Å². The summed E-state index contributed by atoms with van der Waals surface area (Å²) in [4.78, 5) is 4.29. The molecule has 1 aromatic carbocycles. The number of nitrogens with zero attached hydrogens (tertiary/aromatic N) is 1. The number of aromatic nitrogens is 1. The van der Waals surface area contributed by atoms with E-state index in [-0.39, 0.29) is 0 Å². The molecule has 2 aromatic rings. The number of halogens is 2. The average molecular weight is 330 g/mol. The molecule has 1 heterocycles. The van der Waals surface area contributed by atoms with Crippen molar-refractivity contribution in [2.75, 3.05) is 5.73 Å². The van der Waals surface area contributed by atoms with Gasteiger partial charge in [0.2, 0.25) is 0 Å². The smallest absolute Gasteiger partial charge is 0.110 e. The van der Waals surface area contributed by atoms with Crippen LogP contribution in [0.25, 0.3) is 0 Å². The predicted octanol–water partition coefficient (Wildman–Crippen LogP) is 4.37. The highest BCUT2D eigenvalue weighted by Crippen LogP contribution is 2.30. The SMILES string of the molecule is Nc1cc(Cl)ccc1CSc1ncccc1Br. The van der Waals surface area contributed by atoms with Crippen molar-refractivity contribution in [2.45, 2.75) is 10.8 Å². The van der Waals surface area contributed by atoms with E-state index in [0.29, 0.717) is 5.02 Å². The minimum atomic E-state index is 0.662. The second kappa shape index (κ2) is 5.76. The Bertz CT molecular complexity index is 534. The molecular formula is C12H10BrClN2S. The van der Waals surface area contributed by atoms with E-state index in [1.807, 2.05) is 24.3 Å². The Kier molecular flexibility index (Phi) is 4.31. The second-order valence-corrected chi connectivity index (χ2v) is 5.68. The largest absolute Gasteiger partial charge is 0.398 e. The van der Waals surface area contributed by atoms with Crippen LogP contribution in [-0.4, -0.2) is 4.98 Å². The van der Waals surface area contributed by atoms with Crippen molar-refractivity contribution >= 4 is 45.0 Å². The van der Waals surface area contributed by atoms with Gasteiger partial charge in [-0.1, -0.05) is 17.7 Å². The molecule has 0 amide bonds. The molecule has 0 aliphatic rings. The Hall–Kier alpha value is -0.710. The fourth-order valence-electron chi connectivity index (χ4n) is 1.32. The first-order valence-corrected chi connectivity index (χ1v) is 7.09. The second-order valence-electron chi connectivity index (χ2n) is 3.42. The maximum atomic E-state index is 5.89. The third-order valence-electron chi connectivity index (χ3n) is 2.20. The number of benzene rings is 1. The van der Waals surface area contributed by atoms with Gasteiger partial charge in [0, 0.05) is 27.1 Å². The molecule has 1 aromatic heterocycles. The molecule has 0 fully saturated rings. The molecule has 2 N–H and O–H groups in total. The summed E-state index contributed by atoms with van der Waals surface area (Å²) < 4.78 is 0.998. The minimum Gasteiger partial charge on any atom is -0.398 e. The Morgan fingerprint density at radius 1 is 1.35 bits per heavy atom. The van der Waals surface area contributed by atoms with Crippen LogP contribution in [0.4, 0.5) is 5.69 Å². The van der Waals surface area contributed by atoms with E-state index in [4.69, 9.17) is 17.3 Å². The van der Waals surface area contributed by atoms with Gasteiger partial charge in [-0.3, -0.25) is 0 Å². The van der Waals surface area contributed by atoms with Crippen molar-refractivity contribution in [2.24, 2.45) is 0 Å². The van der Waals surface area contributed by atoms with Crippen LogP contribution in [0.2, 0.25) is 5.02 Å².